The normalized spacial score (nSPS) is 8.87. The molecule has 0 aliphatic heterocycles. The van der Waals surface area contributed by atoms with Crippen molar-refractivity contribution in [2.75, 3.05) is 5.73 Å². The van der Waals surface area contributed by atoms with Crippen molar-refractivity contribution in [2.24, 2.45) is 0 Å². The Morgan fingerprint density at radius 1 is 0.867 bits per heavy atom. The zero-order valence-corrected chi connectivity index (χ0v) is 9.06. The van der Waals surface area contributed by atoms with Gasteiger partial charge < -0.3 is 10.8 Å². The summed E-state index contributed by atoms with van der Waals surface area (Å²) in [4.78, 5) is 0.944. The third-order valence-electron chi connectivity index (χ3n) is 1.65. The van der Waals surface area contributed by atoms with E-state index in [0.29, 0.717) is 5.75 Å². The summed E-state index contributed by atoms with van der Waals surface area (Å²) < 4.78 is 0. The molecule has 0 bridgehead atoms. The number of thiol groups is 1. The van der Waals surface area contributed by atoms with E-state index in [1.54, 1.807) is 24.3 Å². The van der Waals surface area contributed by atoms with Crippen LogP contribution in [0.5, 0.6) is 5.75 Å². The molecule has 0 spiro atoms. The number of para-hydroxylation sites is 1. The zero-order valence-electron chi connectivity index (χ0n) is 8.17. The summed E-state index contributed by atoms with van der Waals surface area (Å²) in [5.41, 5.74) is 6.17. The number of nitrogens with two attached hydrogens (primary N) is 1. The van der Waals surface area contributed by atoms with Crippen LogP contribution in [0.1, 0.15) is 0 Å². The van der Waals surface area contributed by atoms with Crippen LogP contribution in [0.3, 0.4) is 0 Å². The number of phenols is 1. The maximum atomic E-state index is 8.63. The van der Waals surface area contributed by atoms with E-state index < -0.39 is 0 Å². The van der Waals surface area contributed by atoms with Crippen LogP contribution in [0.25, 0.3) is 0 Å². The number of rotatable bonds is 0. The fourth-order valence-electron chi connectivity index (χ4n) is 0.902. The van der Waals surface area contributed by atoms with E-state index in [9.17, 15) is 0 Å². The van der Waals surface area contributed by atoms with Crippen LogP contribution in [0.15, 0.2) is 59.5 Å². The number of aromatic hydroxyl groups is 1. The minimum absolute atomic E-state index is 0.322. The average molecular weight is 219 g/mol. The van der Waals surface area contributed by atoms with Crippen molar-refractivity contribution < 1.29 is 5.11 Å². The Labute approximate surface area is 94.8 Å². The molecular formula is C12H13NOS. The van der Waals surface area contributed by atoms with Gasteiger partial charge in [-0.2, -0.15) is 0 Å². The molecule has 2 rings (SSSR count). The predicted molar refractivity (Wildman–Crippen MR) is 66.2 cm³/mol. The lowest BCUT2D eigenvalue weighted by molar-refractivity contribution is 0.475. The molecule has 0 radical (unpaired) electrons. The molecule has 0 saturated carbocycles. The van der Waals surface area contributed by atoms with Crippen molar-refractivity contribution in [1.82, 2.24) is 0 Å². The summed E-state index contributed by atoms with van der Waals surface area (Å²) in [6, 6.07) is 16.1. The standard InChI is InChI=1S/C6H7NS.C6H6O/c7-5-1-3-6(8)4-2-5;7-6-4-2-1-3-5-6/h1-4,8H,7H2;1-5,7H. The minimum Gasteiger partial charge on any atom is -0.508 e. The van der Waals surface area contributed by atoms with E-state index in [2.05, 4.69) is 12.6 Å². The van der Waals surface area contributed by atoms with E-state index in [-0.39, 0.29) is 0 Å². The van der Waals surface area contributed by atoms with Crippen LogP contribution in [0, 0.1) is 0 Å². The van der Waals surface area contributed by atoms with E-state index in [4.69, 9.17) is 10.8 Å². The smallest absolute Gasteiger partial charge is 0.115 e. The second-order valence-corrected chi connectivity index (χ2v) is 3.44. The minimum atomic E-state index is 0.322. The molecule has 0 aliphatic carbocycles. The van der Waals surface area contributed by atoms with Gasteiger partial charge in [0.15, 0.2) is 0 Å². The van der Waals surface area contributed by atoms with Gasteiger partial charge in [0.25, 0.3) is 0 Å². The summed E-state index contributed by atoms with van der Waals surface area (Å²) in [5, 5.41) is 8.63. The molecule has 0 saturated heterocycles. The Bertz CT molecular complexity index is 365. The number of hydrogen-bond donors (Lipinski definition) is 3. The third kappa shape index (κ3) is 4.98. The monoisotopic (exact) mass is 219 g/mol. The Hall–Kier alpha value is -1.61. The molecule has 2 aromatic rings. The summed E-state index contributed by atoms with van der Waals surface area (Å²) in [6.07, 6.45) is 0. The van der Waals surface area contributed by atoms with Gasteiger partial charge in [0.05, 0.1) is 0 Å². The lowest BCUT2D eigenvalue weighted by Crippen LogP contribution is -1.80. The Morgan fingerprint density at radius 2 is 1.40 bits per heavy atom. The lowest BCUT2D eigenvalue weighted by Gasteiger charge is -1.89. The van der Waals surface area contributed by atoms with Crippen molar-refractivity contribution >= 4 is 18.3 Å². The highest BCUT2D eigenvalue weighted by molar-refractivity contribution is 7.80. The Kier molecular flexibility index (Phi) is 4.57. The maximum Gasteiger partial charge on any atom is 0.115 e. The van der Waals surface area contributed by atoms with E-state index in [1.807, 2.05) is 30.3 Å². The first kappa shape index (κ1) is 11.5. The van der Waals surface area contributed by atoms with Crippen LogP contribution >= 0.6 is 12.6 Å². The van der Waals surface area contributed by atoms with Crippen molar-refractivity contribution in [3.05, 3.63) is 54.6 Å². The molecular weight excluding hydrogens is 206 g/mol. The Balaban J connectivity index is 0.000000151. The molecule has 0 unspecified atom stereocenters. The predicted octanol–water partition coefficient (Wildman–Crippen LogP) is 2.95. The zero-order chi connectivity index (χ0) is 11.1. The van der Waals surface area contributed by atoms with E-state index >= 15 is 0 Å². The quantitative estimate of drug-likeness (QED) is 0.471. The summed E-state index contributed by atoms with van der Waals surface area (Å²) in [7, 11) is 0. The molecule has 0 heterocycles. The van der Waals surface area contributed by atoms with Crippen molar-refractivity contribution in [3.8, 4) is 5.75 Å². The summed E-state index contributed by atoms with van der Waals surface area (Å²) in [6.45, 7) is 0. The molecule has 3 N–H and O–H groups in total. The van der Waals surface area contributed by atoms with Gasteiger partial charge >= 0.3 is 0 Å². The molecule has 78 valence electrons. The molecule has 15 heavy (non-hydrogen) atoms. The van der Waals surface area contributed by atoms with Gasteiger partial charge in [-0.25, -0.2) is 0 Å². The number of phenolic OH excluding ortho intramolecular Hbond substituents is 1. The second-order valence-electron chi connectivity index (χ2n) is 2.93. The molecule has 0 atom stereocenters. The highest BCUT2D eigenvalue weighted by atomic mass is 32.1. The van der Waals surface area contributed by atoms with Crippen LogP contribution in [0.2, 0.25) is 0 Å². The summed E-state index contributed by atoms with van der Waals surface area (Å²) in [5.74, 6) is 0.322. The molecule has 0 fully saturated rings. The number of anilines is 1. The van der Waals surface area contributed by atoms with Crippen molar-refractivity contribution in [2.45, 2.75) is 4.90 Å². The number of benzene rings is 2. The second kappa shape index (κ2) is 5.98. The van der Waals surface area contributed by atoms with Crippen molar-refractivity contribution in [1.29, 1.82) is 0 Å². The maximum absolute atomic E-state index is 8.63. The topological polar surface area (TPSA) is 46.2 Å². The Morgan fingerprint density at radius 3 is 1.73 bits per heavy atom. The first-order valence-corrected chi connectivity index (χ1v) is 4.92. The largest absolute Gasteiger partial charge is 0.508 e. The van der Waals surface area contributed by atoms with Crippen LogP contribution in [-0.2, 0) is 0 Å². The fraction of sp³-hybridized carbons (Fsp3) is 0. The van der Waals surface area contributed by atoms with Crippen LogP contribution in [0.4, 0.5) is 5.69 Å². The van der Waals surface area contributed by atoms with Gasteiger partial charge in [0.1, 0.15) is 5.75 Å². The third-order valence-corrected chi connectivity index (χ3v) is 1.95. The molecule has 0 aromatic heterocycles. The van der Waals surface area contributed by atoms with Gasteiger partial charge in [0, 0.05) is 10.6 Å². The average Bonchev–Trinajstić information content (AvgIpc) is 2.25. The van der Waals surface area contributed by atoms with Gasteiger partial charge in [-0.3, -0.25) is 0 Å². The molecule has 2 nitrogen and oxygen atoms in total. The first-order chi connectivity index (χ1) is 7.18. The first-order valence-electron chi connectivity index (χ1n) is 4.47. The van der Waals surface area contributed by atoms with Gasteiger partial charge in [-0.15, -0.1) is 12.6 Å². The fourth-order valence-corrected chi connectivity index (χ4v) is 1.05. The van der Waals surface area contributed by atoms with Crippen molar-refractivity contribution in [3.63, 3.8) is 0 Å². The van der Waals surface area contributed by atoms with Gasteiger partial charge in [0.2, 0.25) is 0 Å². The number of hydrogen-bond acceptors (Lipinski definition) is 3. The van der Waals surface area contributed by atoms with Gasteiger partial charge in [-0.1, -0.05) is 18.2 Å². The SMILES string of the molecule is Nc1ccc(S)cc1.Oc1ccccc1. The van der Waals surface area contributed by atoms with Gasteiger partial charge in [-0.05, 0) is 36.4 Å². The van der Waals surface area contributed by atoms with E-state index in [0.717, 1.165) is 10.6 Å². The molecule has 0 aliphatic rings. The summed E-state index contributed by atoms with van der Waals surface area (Å²) >= 11 is 4.08. The lowest BCUT2D eigenvalue weighted by atomic mass is 10.3. The van der Waals surface area contributed by atoms with Crippen LogP contribution < -0.4 is 5.73 Å². The van der Waals surface area contributed by atoms with E-state index in [1.165, 1.54) is 0 Å². The number of nitrogen functional groups attached to an aromatic ring is 1. The highest BCUT2D eigenvalue weighted by Gasteiger charge is 1.81. The van der Waals surface area contributed by atoms with Crippen LogP contribution in [-0.4, -0.2) is 5.11 Å². The highest BCUT2D eigenvalue weighted by Crippen LogP contribution is 2.07. The molecule has 2 aromatic carbocycles. The molecule has 3 heteroatoms. The molecule has 0 amide bonds.